The molecule has 1 amide bonds. The van der Waals surface area contributed by atoms with Crippen molar-refractivity contribution in [2.24, 2.45) is 0 Å². The predicted octanol–water partition coefficient (Wildman–Crippen LogP) is 4.46. The molecule has 3 aromatic rings. The van der Waals surface area contributed by atoms with Crippen LogP contribution in [-0.2, 0) is 16.6 Å². The monoisotopic (exact) mass is 552 g/mol. The van der Waals surface area contributed by atoms with Crippen molar-refractivity contribution in [3.63, 3.8) is 0 Å². The Kier molecular flexibility index (Phi) is 6.70. The molecule has 204 valence electrons. The largest absolute Gasteiger partial charge is 0.481 e. The molecule has 0 radical (unpaired) electrons. The number of hydrogen-bond acceptors (Lipinski definition) is 7. The van der Waals surface area contributed by atoms with Crippen LogP contribution >= 0.6 is 11.6 Å². The standard InChI is InChI=1S/C28H30ClFN6O3/c1-27(2)15-35(18-6-7-20(30)19(29)12-18)25-24(27)33-21(14-32-25)26(39)36-10-9-34(16-28(36,3)4)22-8-5-17(13-31-22)11-23(37)38/h5-8,12-14H,9-11,15-16H2,1-4H3,(H,37,38). The topological polar surface area (TPSA) is 103 Å². The van der Waals surface area contributed by atoms with E-state index in [1.807, 2.05) is 43.6 Å². The summed E-state index contributed by atoms with van der Waals surface area (Å²) < 4.78 is 13.7. The second-order valence-electron chi connectivity index (χ2n) is 11.3. The number of rotatable bonds is 5. The highest BCUT2D eigenvalue weighted by Crippen LogP contribution is 2.42. The van der Waals surface area contributed by atoms with Gasteiger partial charge in [0.2, 0.25) is 0 Å². The Morgan fingerprint density at radius 2 is 1.82 bits per heavy atom. The molecular weight excluding hydrogens is 523 g/mol. The second kappa shape index (κ2) is 9.75. The lowest BCUT2D eigenvalue weighted by molar-refractivity contribution is -0.136. The molecule has 0 spiro atoms. The summed E-state index contributed by atoms with van der Waals surface area (Å²) in [5, 5.41) is 9.02. The van der Waals surface area contributed by atoms with Gasteiger partial charge in [0.1, 0.15) is 17.3 Å². The molecule has 0 atom stereocenters. The quantitative estimate of drug-likeness (QED) is 0.495. The van der Waals surface area contributed by atoms with Crippen molar-refractivity contribution in [1.82, 2.24) is 19.9 Å². The first kappa shape index (κ1) is 26.8. The summed E-state index contributed by atoms with van der Waals surface area (Å²) in [5.41, 5.74) is 1.41. The van der Waals surface area contributed by atoms with Crippen LogP contribution in [0.15, 0.2) is 42.7 Å². The Hall–Kier alpha value is -3.79. The lowest BCUT2D eigenvalue weighted by atomic mass is 9.92. The van der Waals surface area contributed by atoms with E-state index in [9.17, 15) is 14.0 Å². The van der Waals surface area contributed by atoms with E-state index in [1.165, 1.54) is 12.3 Å². The van der Waals surface area contributed by atoms with Crippen LogP contribution in [0.25, 0.3) is 0 Å². The van der Waals surface area contributed by atoms with Gasteiger partial charge in [-0.25, -0.2) is 19.3 Å². The molecule has 2 aliphatic heterocycles. The number of carboxylic acids is 1. The van der Waals surface area contributed by atoms with E-state index in [4.69, 9.17) is 21.7 Å². The molecule has 1 aromatic carbocycles. The summed E-state index contributed by atoms with van der Waals surface area (Å²) in [6, 6.07) is 8.14. The third-order valence-corrected chi connectivity index (χ3v) is 7.56. The van der Waals surface area contributed by atoms with Crippen molar-refractivity contribution in [3.8, 4) is 0 Å². The van der Waals surface area contributed by atoms with Gasteiger partial charge >= 0.3 is 5.97 Å². The number of nitrogens with zero attached hydrogens (tertiary/aromatic N) is 6. The van der Waals surface area contributed by atoms with Gasteiger partial charge in [-0.15, -0.1) is 0 Å². The third kappa shape index (κ3) is 5.13. The Morgan fingerprint density at radius 3 is 2.46 bits per heavy atom. The minimum absolute atomic E-state index is 0.0336. The molecule has 1 saturated heterocycles. The number of fused-ring (bicyclic) bond motifs is 1. The summed E-state index contributed by atoms with van der Waals surface area (Å²) in [6.45, 7) is 10.2. The molecule has 9 nitrogen and oxygen atoms in total. The fourth-order valence-corrected chi connectivity index (χ4v) is 5.47. The van der Waals surface area contributed by atoms with Gasteiger partial charge < -0.3 is 19.8 Å². The maximum absolute atomic E-state index is 13.7. The maximum Gasteiger partial charge on any atom is 0.307 e. The average Bonchev–Trinajstić information content (AvgIpc) is 3.15. The highest BCUT2D eigenvalue weighted by atomic mass is 35.5. The highest BCUT2D eigenvalue weighted by Gasteiger charge is 2.42. The van der Waals surface area contributed by atoms with Gasteiger partial charge in [0.05, 0.1) is 28.9 Å². The minimum Gasteiger partial charge on any atom is -0.481 e. The van der Waals surface area contributed by atoms with E-state index in [-0.39, 0.29) is 23.0 Å². The van der Waals surface area contributed by atoms with Gasteiger partial charge in [0.15, 0.2) is 5.82 Å². The van der Waals surface area contributed by atoms with Gasteiger partial charge in [0, 0.05) is 43.5 Å². The first-order chi connectivity index (χ1) is 18.4. The van der Waals surface area contributed by atoms with Crippen LogP contribution in [0.4, 0.5) is 21.7 Å². The Labute approximate surface area is 231 Å². The first-order valence-corrected chi connectivity index (χ1v) is 13.1. The van der Waals surface area contributed by atoms with Crippen molar-refractivity contribution < 1.29 is 19.1 Å². The number of anilines is 3. The first-order valence-electron chi connectivity index (χ1n) is 12.7. The second-order valence-corrected chi connectivity index (χ2v) is 11.7. The summed E-state index contributed by atoms with van der Waals surface area (Å²) in [4.78, 5) is 44.4. The van der Waals surface area contributed by atoms with Crippen LogP contribution in [0.2, 0.25) is 5.02 Å². The number of carbonyl (C=O) groups is 2. The smallest absolute Gasteiger partial charge is 0.307 e. The number of aliphatic carboxylic acids is 1. The van der Waals surface area contributed by atoms with E-state index in [0.29, 0.717) is 48.9 Å². The Balaban J connectivity index is 1.36. The lowest BCUT2D eigenvalue weighted by Crippen LogP contribution is -2.61. The number of carbonyl (C=O) groups excluding carboxylic acids is 1. The van der Waals surface area contributed by atoms with Crippen LogP contribution < -0.4 is 9.80 Å². The van der Waals surface area contributed by atoms with E-state index in [0.717, 1.165) is 5.82 Å². The maximum atomic E-state index is 13.7. The van der Waals surface area contributed by atoms with Crippen molar-refractivity contribution in [1.29, 1.82) is 0 Å². The molecule has 0 unspecified atom stereocenters. The molecule has 4 heterocycles. The number of piperazine rings is 1. The SMILES string of the molecule is CC1(C)CN(c2ccc(F)c(Cl)c2)c2ncc(C(=O)N3CCN(c4ccc(CC(=O)O)cn4)CC3(C)C)nc21. The fraction of sp³-hybridized carbons (Fsp3) is 0.393. The van der Waals surface area contributed by atoms with Crippen molar-refractivity contribution >= 4 is 40.8 Å². The van der Waals surface area contributed by atoms with Gasteiger partial charge in [-0.05, 0) is 43.7 Å². The van der Waals surface area contributed by atoms with Crippen LogP contribution in [0.1, 0.15) is 49.4 Å². The zero-order valence-corrected chi connectivity index (χ0v) is 23.0. The number of halogens is 2. The van der Waals surface area contributed by atoms with Gasteiger partial charge in [-0.2, -0.15) is 0 Å². The van der Waals surface area contributed by atoms with Crippen molar-refractivity contribution in [2.45, 2.75) is 45.1 Å². The Morgan fingerprint density at radius 1 is 1.05 bits per heavy atom. The summed E-state index contributed by atoms with van der Waals surface area (Å²) in [7, 11) is 0. The van der Waals surface area contributed by atoms with Gasteiger partial charge in [-0.1, -0.05) is 31.5 Å². The van der Waals surface area contributed by atoms with Crippen LogP contribution in [0.3, 0.4) is 0 Å². The Bertz CT molecular complexity index is 1450. The van der Waals surface area contributed by atoms with E-state index >= 15 is 0 Å². The van der Waals surface area contributed by atoms with Crippen LogP contribution in [-0.4, -0.2) is 68.6 Å². The number of aromatic nitrogens is 3. The van der Waals surface area contributed by atoms with Gasteiger partial charge in [-0.3, -0.25) is 9.59 Å². The summed E-state index contributed by atoms with van der Waals surface area (Å²) in [5.74, 6) is -0.216. The van der Waals surface area contributed by atoms with Crippen LogP contribution in [0.5, 0.6) is 0 Å². The average molecular weight is 553 g/mol. The molecule has 2 aliphatic rings. The van der Waals surface area contributed by atoms with E-state index in [2.05, 4.69) is 14.9 Å². The zero-order chi connectivity index (χ0) is 28.1. The molecule has 1 N–H and O–H groups in total. The lowest BCUT2D eigenvalue weighted by Gasteiger charge is -2.47. The third-order valence-electron chi connectivity index (χ3n) is 7.27. The van der Waals surface area contributed by atoms with Gasteiger partial charge in [0.25, 0.3) is 5.91 Å². The number of benzene rings is 1. The normalized spacial score (nSPS) is 17.7. The molecule has 11 heteroatoms. The fourth-order valence-electron chi connectivity index (χ4n) is 5.30. The molecule has 2 aromatic heterocycles. The highest BCUT2D eigenvalue weighted by molar-refractivity contribution is 6.31. The van der Waals surface area contributed by atoms with Crippen molar-refractivity contribution in [2.75, 3.05) is 36.0 Å². The molecule has 5 rings (SSSR count). The van der Waals surface area contributed by atoms with E-state index in [1.54, 1.807) is 24.4 Å². The van der Waals surface area contributed by atoms with E-state index < -0.39 is 22.7 Å². The van der Waals surface area contributed by atoms with Crippen molar-refractivity contribution in [3.05, 3.63) is 70.5 Å². The predicted molar refractivity (Wildman–Crippen MR) is 146 cm³/mol. The zero-order valence-electron chi connectivity index (χ0n) is 22.3. The summed E-state index contributed by atoms with van der Waals surface area (Å²) in [6.07, 6.45) is 3.01. The molecule has 0 bridgehead atoms. The van der Waals surface area contributed by atoms with Crippen LogP contribution in [0, 0.1) is 5.82 Å². The number of hydrogen-bond donors (Lipinski definition) is 1. The number of pyridine rings is 1. The number of amides is 1. The molecule has 39 heavy (non-hydrogen) atoms. The summed E-state index contributed by atoms with van der Waals surface area (Å²) >= 11 is 6.03. The molecular formula is C28H30ClFN6O3. The number of carboxylic acid groups (broad SMARTS) is 1. The molecule has 0 aliphatic carbocycles. The molecule has 0 saturated carbocycles. The molecule has 1 fully saturated rings. The minimum atomic E-state index is -0.900.